The van der Waals surface area contributed by atoms with Crippen LogP contribution in [-0.2, 0) is 4.79 Å². The van der Waals surface area contributed by atoms with Gasteiger partial charge in [-0.1, -0.05) is 6.07 Å². The number of hydrogen-bond donors (Lipinski definition) is 1. The van der Waals surface area contributed by atoms with Crippen molar-refractivity contribution in [2.75, 3.05) is 33.2 Å². The Morgan fingerprint density at radius 2 is 2.33 bits per heavy atom. The van der Waals surface area contributed by atoms with Gasteiger partial charge < -0.3 is 10.2 Å². The van der Waals surface area contributed by atoms with Gasteiger partial charge in [0.05, 0.1) is 6.54 Å². The molecule has 2 saturated heterocycles. The SMILES string of the molecule is CN1CC2CNCC(c3cccnc3)N2CC1=O. The van der Waals surface area contributed by atoms with Gasteiger partial charge in [-0.05, 0) is 11.6 Å². The first-order chi connectivity index (χ1) is 8.75. The van der Waals surface area contributed by atoms with Gasteiger partial charge in [0.1, 0.15) is 0 Å². The minimum atomic E-state index is 0.210. The van der Waals surface area contributed by atoms with E-state index in [1.807, 2.05) is 24.2 Å². The molecule has 2 unspecified atom stereocenters. The Morgan fingerprint density at radius 3 is 3.11 bits per heavy atom. The summed E-state index contributed by atoms with van der Waals surface area (Å²) in [6, 6.07) is 4.71. The monoisotopic (exact) mass is 246 g/mol. The fraction of sp³-hybridized carbons (Fsp3) is 0.538. The van der Waals surface area contributed by atoms with Crippen LogP contribution in [0.2, 0.25) is 0 Å². The van der Waals surface area contributed by atoms with Gasteiger partial charge in [-0.15, -0.1) is 0 Å². The van der Waals surface area contributed by atoms with Crippen LogP contribution in [0.3, 0.4) is 0 Å². The number of likely N-dealkylation sites (N-methyl/N-ethyl adjacent to an activating group) is 1. The number of pyridine rings is 1. The molecule has 5 nitrogen and oxygen atoms in total. The summed E-state index contributed by atoms with van der Waals surface area (Å²) in [6.07, 6.45) is 3.68. The summed E-state index contributed by atoms with van der Waals surface area (Å²) in [4.78, 5) is 20.2. The largest absolute Gasteiger partial charge is 0.343 e. The van der Waals surface area contributed by atoms with Crippen molar-refractivity contribution < 1.29 is 4.79 Å². The predicted molar refractivity (Wildman–Crippen MR) is 68.0 cm³/mol. The highest BCUT2D eigenvalue weighted by Crippen LogP contribution is 2.26. The van der Waals surface area contributed by atoms with Gasteiger partial charge in [0, 0.05) is 51.2 Å². The molecule has 0 saturated carbocycles. The highest BCUT2D eigenvalue weighted by atomic mass is 16.2. The van der Waals surface area contributed by atoms with E-state index in [2.05, 4.69) is 21.3 Å². The summed E-state index contributed by atoms with van der Waals surface area (Å²) >= 11 is 0. The molecule has 3 heterocycles. The number of rotatable bonds is 1. The molecule has 1 aromatic rings. The first-order valence-electron chi connectivity index (χ1n) is 6.36. The van der Waals surface area contributed by atoms with Crippen LogP contribution in [0.5, 0.6) is 0 Å². The second-order valence-electron chi connectivity index (χ2n) is 5.06. The lowest BCUT2D eigenvalue weighted by molar-refractivity contribution is -0.139. The molecule has 1 amide bonds. The van der Waals surface area contributed by atoms with E-state index < -0.39 is 0 Å². The van der Waals surface area contributed by atoms with Crippen molar-refractivity contribution in [2.24, 2.45) is 0 Å². The van der Waals surface area contributed by atoms with Crippen molar-refractivity contribution >= 4 is 5.91 Å². The minimum absolute atomic E-state index is 0.210. The third-order valence-electron chi connectivity index (χ3n) is 3.88. The van der Waals surface area contributed by atoms with E-state index in [0.717, 1.165) is 19.6 Å². The van der Waals surface area contributed by atoms with Gasteiger partial charge in [0.25, 0.3) is 0 Å². The number of amides is 1. The number of nitrogens with zero attached hydrogens (tertiary/aromatic N) is 3. The Bertz CT molecular complexity index is 436. The van der Waals surface area contributed by atoms with E-state index >= 15 is 0 Å². The maximum absolute atomic E-state index is 11.9. The van der Waals surface area contributed by atoms with Gasteiger partial charge in [-0.2, -0.15) is 0 Å². The number of carbonyl (C=O) groups is 1. The average molecular weight is 246 g/mol. The predicted octanol–water partition coefficient (Wildman–Crippen LogP) is -0.132. The Balaban J connectivity index is 1.85. The van der Waals surface area contributed by atoms with Gasteiger partial charge in [-0.3, -0.25) is 14.7 Å². The molecule has 1 N–H and O–H groups in total. The van der Waals surface area contributed by atoms with Crippen molar-refractivity contribution in [1.82, 2.24) is 20.1 Å². The molecule has 0 radical (unpaired) electrons. The Kier molecular flexibility index (Phi) is 3.01. The molecular weight excluding hydrogens is 228 g/mol. The number of piperazine rings is 2. The molecule has 0 bridgehead atoms. The van der Waals surface area contributed by atoms with Crippen molar-refractivity contribution in [1.29, 1.82) is 0 Å². The molecule has 0 aliphatic carbocycles. The summed E-state index contributed by atoms with van der Waals surface area (Å²) < 4.78 is 0. The first kappa shape index (κ1) is 11.6. The fourth-order valence-corrected chi connectivity index (χ4v) is 2.86. The fourth-order valence-electron chi connectivity index (χ4n) is 2.86. The molecule has 18 heavy (non-hydrogen) atoms. The molecule has 2 atom stereocenters. The van der Waals surface area contributed by atoms with Crippen LogP contribution in [0.4, 0.5) is 0 Å². The lowest BCUT2D eigenvalue weighted by Gasteiger charge is -2.47. The average Bonchev–Trinajstić information content (AvgIpc) is 2.40. The molecule has 0 spiro atoms. The number of nitrogens with one attached hydrogen (secondary N) is 1. The van der Waals surface area contributed by atoms with Crippen molar-refractivity contribution in [2.45, 2.75) is 12.1 Å². The topological polar surface area (TPSA) is 48.5 Å². The van der Waals surface area contributed by atoms with Crippen LogP contribution in [0, 0.1) is 0 Å². The molecule has 0 aromatic carbocycles. The van der Waals surface area contributed by atoms with Crippen LogP contribution in [0.25, 0.3) is 0 Å². The third-order valence-corrected chi connectivity index (χ3v) is 3.88. The van der Waals surface area contributed by atoms with Crippen molar-refractivity contribution in [3.8, 4) is 0 Å². The molecule has 2 fully saturated rings. The van der Waals surface area contributed by atoms with E-state index in [0.29, 0.717) is 12.6 Å². The summed E-state index contributed by atoms with van der Waals surface area (Å²) in [5.74, 6) is 0.210. The highest BCUT2D eigenvalue weighted by Gasteiger charge is 2.37. The Hall–Kier alpha value is -1.46. The molecule has 2 aliphatic heterocycles. The molecule has 5 heteroatoms. The van der Waals surface area contributed by atoms with Crippen LogP contribution in [0.15, 0.2) is 24.5 Å². The summed E-state index contributed by atoms with van der Waals surface area (Å²) in [5, 5.41) is 3.46. The lowest BCUT2D eigenvalue weighted by Crippen LogP contribution is -2.63. The maximum atomic E-state index is 11.9. The second-order valence-corrected chi connectivity index (χ2v) is 5.06. The van der Waals surface area contributed by atoms with Crippen LogP contribution >= 0.6 is 0 Å². The second kappa shape index (κ2) is 4.66. The van der Waals surface area contributed by atoms with E-state index in [1.54, 1.807) is 6.20 Å². The highest BCUT2D eigenvalue weighted by molar-refractivity contribution is 5.79. The van der Waals surface area contributed by atoms with Gasteiger partial charge in [0.15, 0.2) is 0 Å². The Labute approximate surface area is 107 Å². The van der Waals surface area contributed by atoms with Crippen molar-refractivity contribution in [3.05, 3.63) is 30.1 Å². The number of carbonyl (C=O) groups excluding carboxylic acids is 1. The third kappa shape index (κ3) is 2.00. The number of aromatic nitrogens is 1. The Morgan fingerprint density at radius 1 is 1.44 bits per heavy atom. The van der Waals surface area contributed by atoms with Crippen LogP contribution in [0.1, 0.15) is 11.6 Å². The zero-order valence-electron chi connectivity index (χ0n) is 10.5. The molecule has 96 valence electrons. The molecule has 3 rings (SSSR count). The summed E-state index contributed by atoms with van der Waals surface area (Å²) in [5.41, 5.74) is 1.19. The standard InChI is InChI=1S/C13H18N4O/c1-16-8-11-6-15-7-12(17(11)9-13(16)18)10-3-2-4-14-5-10/h2-5,11-12,15H,6-9H2,1H3. The van der Waals surface area contributed by atoms with Gasteiger partial charge in [0.2, 0.25) is 5.91 Å². The number of hydrogen-bond acceptors (Lipinski definition) is 4. The van der Waals surface area contributed by atoms with E-state index in [1.165, 1.54) is 5.56 Å². The molecular formula is C13H18N4O. The minimum Gasteiger partial charge on any atom is -0.343 e. The van der Waals surface area contributed by atoms with E-state index in [-0.39, 0.29) is 11.9 Å². The van der Waals surface area contributed by atoms with E-state index in [4.69, 9.17) is 0 Å². The summed E-state index contributed by atoms with van der Waals surface area (Å²) in [6.45, 7) is 3.17. The van der Waals surface area contributed by atoms with E-state index in [9.17, 15) is 4.79 Å². The normalized spacial score (nSPS) is 29.2. The smallest absolute Gasteiger partial charge is 0.236 e. The zero-order chi connectivity index (χ0) is 12.5. The zero-order valence-corrected chi connectivity index (χ0v) is 10.5. The quantitative estimate of drug-likeness (QED) is 0.750. The van der Waals surface area contributed by atoms with Gasteiger partial charge in [-0.25, -0.2) is 0 Å². The van der Waals surface area contributed by atoms with Crippen LogP contribution < -0.4 is 5.32 Å². The van der Waals surface area contributed by atoms with Crippen LogP contribution in [-0.4, -0.2) is 60.0 Å². The first-order valence-corrected chi connectivity index (χ1v) is 6.36. The maximum Gasteiger partial charge on any atom is 0.236 e. The lowest BCUT2D eigenvalue weighted by atomic mass is 9.99. The summed E-state index contributed by atoms with van der Waals surface area (Å²) in [7, 11) is 1.88. The molecule has 2 aliphatic rings. The van der Waals surface area contributed by atoms with Gasteiger partial charge >= 0.3 is 0 Å². The van der Waals surface area contributed by atoms with Crippen molar-refractivity contribution in [3.63, 3.8) is 0 Å². The molecule has 1 aromatic heterocycles. The number of fused-ring (bicyclic) bond motifs is 1.